The Hall–Kier alpha value is -0.850. The third-order valence-electron chi connectivity index (χ3n) is 0.343. The molecule has 0 aliphatic carbocycles. The lowest BCUT2D eigenvalue weighted by molar-refractivity contribution is 1.58. The minimum atomic E-state index is 1.21. The maximum absolute atomic E-state index is 6.45. The first-order valence-electron chi connectivity index (χ1n) is 1.70. The Labute approximate surface area is 37.5 Å². The minimum absolute atomic E-state index is 1.21. The van der Waals surface area contributed by atoms with Gasteiger partial charge in [-0.05, 0) is 6.08 Å². The molecular weight excluding hydrogens is 74.1 g/mol. The molecule has 0 amide bonds. The highest BCUT2D eigenvalue weighted by molar-refractivity contribution is 5.67. The van der Waals surface area contributed by atoms with Crippen molar-refractivity contribution in [2.75, 3.05) is 0 Å². The number of hydrogen-bond donors (Lipinski definition) is 1. The average Bonchev–Trinajstić information content (AvgIpc) is 1.61. The Morgan fingerprint density at radius 1 is 1.33 bits per heavy atom. The van der Waals surface area contributed by atoms with Gasteiger partial charge in [0.25, 0.3) is 0 Å². The average molecular weight is 81.1 g/mol. The normalized spacial score (nSPS) is 8.67. The van der Waals surface area contributed by atoms with Crippen LogP contribution in [-0.2, 0) is 0 Å². The van der Waals surface area contributed by atoms with Gasteiger partial charge in [-0.3, -0.25) is 0 Å². The largest absolute Gasteiger partial charge is 0.309 e. The first kappa shape index (κ1) is 5.15. The molecule has 0 aliphatic rings. The second kappa shape index (κ2) is 4.15. The summed E-state index contributed by atoms with van der Waals surface area (Å²) in [5.74, 6) is 0. The maximum atomic E-state index is 6.45. The zero-order chi connectivity index (χ0) is 4.83. The molecule has 0 heterocycles. The summed E-state index contributed by atoms with van der Waals surface area (Å²) in [4.78, 5) is 0. The quantitative estimate of drug-likeness (QED) is 0.383. The van der Waals surface area contributed by atoms with Crippen molar-refractivity contribution in [1.29, 1.82) is 5.41 Å². The van der Waals surface area contributed by atoms with E-state index >= 15 is 0 Å². The van der Waals surface area contributed by atoms with E-state index in [2.05, 4.69) is 6.58 Å². The molecule has 0 aromatic carbocycles. The molecule has 0 aromatic heterocycles. The van der Waals surface area contributed by atoms with Gasteiger partial charge in [0, 0.05) is 6.21 Å². The summed E-state index contributed by atoms with van der Waals surface area (Å²) >= 11 is 0. The lowest BCUT2D eigenvalue weighted by Gasteiger charge is -1.59. The Morgan fingerprint density at radius 2 is 2.00 bits per heavy atom. The molecule has 32 valence electrons. The van der Waals surface area contributed by atoms with Crippen molar-refractivity contribution in [2.45, 2.75) is 0 Å². The summed E-state index contributed by atoms with van der Waals surface area (Å²) in [5, 5.41) is 6.45. The molecule has 0 saturated carbocycles. The lowest BCUT2D eigenvalue weighted by Crippen LogP contribution is -1.50. The van der Waals surface area contributed by atoms with Crippen molar-refractivity contribution in [3.8, 4) is 0 Å². The van der Waals surface area contributed by atoms with Crippen LogP contribution in [0.4, 0.5) is 0 Å². The van der Waals surface area contributed by atoms with E-state index in [1.807, 2.05) is 0 Å². The van der Waals surface area contributed by atoms with E-state index in [0.717, 1.165) is 0 Å². The van der Waals surface area contributed by atoms with Gasteiger partial charge in [-0.15, -0.1) is 0 Å². The molecule has 0 bridgehead atoms. The van der Waals surface area contributed by atoms with E-state index in [4.69, 9.17) is 5.41 Å². The maximum Gasteiger partial charge on any atom is 0.0177 e. The SMILES string of the molecule is C=C/C=C\C=N. The van der Waals surface area contributed by atoms with Gasteiger partial charge in [0.2, 0.25) is 0 Å². The van der Waals surface area contributed by atoms with Gasteiger partial charge in [-0.1, -0.05) is 18.7 Å². The van der Waals surface area contributed by atoms with Crippen molar-refractivity contribution < 1.29 is 0 Å². The first-order valence-corrected chi connectivity index (χ1v) is 1.70. The highest BCUT2D eigenvalue weighted by Crippen LogP contribution is 1.63. The molecule has 0 atom stereocenters. The van der Waals surface area contributed by atoms with E-state index in [1.165, 1.54) is 6.21 Å². The molecule has 0 unspecified atom stereocenters. The van der Waals surface area contributed by atoms with E-state index < -0.39 is 0 Å². The molecule has 0 rings (SSSR count). The van der Waals surface area contributed by atoms with Crippen LogP contribution in [0.15, 0.2) is 24.8 Å². The highest BCUT2D eigenvalue weighted by atomic mass is 14.3. The smallest absolute Gasteiger partial charge is 0.0177 e. The van der Waals surface area contributed by atoms with Gasteiger partial charge >= 0.3 is 0 Å². The zero-order valence-electron chi connectivity index (χ0n) is 3.52. The molecule has 1 heteroatoms. The summed E-state index contributed by atoms with van der Waals surface area (Å²) in [6.07, 6.45) is 6.15. The van der Waals surface area contributed by atoms with Crippen LogP contribution in [0, 0.1) is 5.41 Å². The van der Waals surface area contributed by atoms with Crippen LogP contribution >= 0.6 is 0 Å². The number of allylic oxidation sites excluding steroid dienone is 3. The van der Waals surface area contributed by atoms with Gasteiger partial charge < -0.3 is 5.41 Å². The van der Waals surface area contributed by atoms with Crippen molar-refractivity contribution in [1.82, 2.24) is 0 Å². The topological polar surface area (TPSA) is 23.9 Å². The summed E-state index contributed by atoms with van der Waals surface area (Å²) in [6.45, 7) is 3.41. The molecule has 1 nitrogen and oxygen atoms in total. The standard InChI is InChI=1S/C5H7N/c1-2-3-4-5-6/h2-6H,1H2/b4-3-,6-5?. The van der Waals surface area contributed by atoms with Gasteiger partial charge in [-0.2, -0.15) is 0 Å². The van der Waals surface area contributed by atoms with Gasteiger partial charge in [-0.25, -0.2) is 0 Å². The number of hydrogen-bond acceptors (Lipinski definition) is 1. The predicted molar refractivity (Wildman–Crippen MR) is 28.1 cm³/mol. The first-order chi connectivity index (χ1) is 2.91. The molecule has 6 heavy (non-hydrogen) atoms. The van der Waals surface area contributed by atoms with Crippen molar-refractivity contribution in [3.05, 3.63) is 24.8 Å². The molecule has 0 saturated heterocycles. The zero-order valence-corrected chi connectivity index (χ0v) is 3.52. The van der Waals surface area contributed by atoms with E-state index in [1.54, 1.807) is 18.2 Å². The molecule has 0 fully saturated rings. The minimum Gasteiger partial charge on any atom is -0.309 e. The second-order valence-electron chi connectivity index (χ2n) is 0.787. The summed E-state index contributed by atoms with van der Waals surface area (Å²) in [7, 11) is 0. The molecule has 0 aliphatic heterocycles. The fraction of sp³-hybridized carbons (Fsp3) is 0. The third-order valence-corrected chi connectivity index (χ3v) is 0.343. The van der Waals surface area contributed by atoms with E-state index in [-0.39, 0.29) is 0 Å². The summed E-state index contributed by atoms with van der Waals surface area (Å²) in [5.41, 5.74) is 0. The van der Waals surface area contributed by atoms with Crippen LogP contribution in [-0.4, -0.2) is 6.21 Å². The molecule has 0 radical (unpaired) electrons. The van der Waals surface area contributed by atoms with Crippen LogP contribution in [0.5, 0.6) is 0 Å². The fourth-order valence-corrected chi connectivity index (χ4v) is 0.134. The molecule has 0 spiro atoms. The third kappa shape index (κ3) is 3.15. The Morgan fingerprint density at radius 3 is 2.17 bits per heavy atom. The van der Waals surface area contributed by atoms with Crippen LogP contribution in [0.2, 0.25) is 0 Å². The van der Waals surface area contributed by atoms with Crippen molar-refractivity contribution >= 4 is 6.21 Å². The van der Waals surface area contributed by atoms with Crippen molar-refractivity contribution in [2.24, 2.45) is 0 Å². The van der Waals surface area contributed by atoms with Crippen LogP contribution in [0.25, 0.3) is 0 Å². The summed E-state index contributed by atoms with van der Waals surface area (Å²) < 4.78 is 0. The van der Waals surface area contributed by atoms with Crippen LogP contribution < -0.4 is 0 Å². The van der Waals surface area contributed by atoms with Crippen molar-refractivity contribution in [3.63, 3.8) is 0 Å². The van der Waals surface area contributed by atoms with Gasteiger partial charge in [0.15, 0.2) is 0 Å². The number of rotatable bonds is 2. The Bertz CT molecular complexity index is 62.0. The highest BCUT2D eigenvalue weighted by Gasteiger charge is 1.48. The predicted octanol–water partition coefficient (Wildman–Crippen LogP) is 1.38. The fourth-order valence-electron chi connectivity index (χ4n) is 0.134. The van der Waals surface area contributed by atoms with Gasteiger partial charge in [0.05, 0.1) is 0 Å². The Kier molecular flexibility index (Phi) is 3.56. The molecule has 0 aromatic rings. The van der Waals surface area contributed by atoms with E-state index in [0.29, 0.717) is 0 Å². The van der Waals surface area contributed by atoms with Crippen LogP contribution in [0.1, 0.15) is 0 Å². The molecular formula is C5H7N. The monoisotopic (exact) mass is 81.1 g/mol. The lowest BCUT2D eigenvalue weighted by atomic mass is 10.5. The van der Waals surface area contributed by atoms with Gasteiger partial charge in [0.1, 0.15) is 0 Å². The number of nitrogens with one attached hydrogen (secondary N) is 1. The van der Waals surface area contributed by atoms with E-state index in [9.17, 15) is 0 Å². The summed E-state index contributed by atoms with van der Waals surface area (Å²) in [6, 6.07) is 0. The second-order valence-corrected chi connectivity index (χ2v) is 0.787. The molecule has 1 N–H and O–H groups in total. The van der Waals surface area contributed by atoms with Crippen LogP contribution in [0.3, 0.4) is 0 Å². The Balaban J connectivity index is 3.17.